The molecule has 3 aliphatic heterocycles. The minimum absolute atomic E-state index is 0.0501. The van der Waals surface area contributed by atoms with E-state index in [1.165, 1.54) is 4.90 Å². The Hall–Kier alpha value is -3.76. The third-order valence-corrected chi connectivity index (χ3v) is 8.19. The van der Waals surface area contributed by atoms with Crippen LogP contribution in [0.5, 0.6) is 0 Å². The maximum Gasteiger partial charge on any atom is 0.261 e. The lowest BCUT2D eigenvalue weighted by Crippen LogP contribution is -2.62. The molecule has 9 heteroatoms. The minimum atomic E-state index is -0.707. The average Bonchev–Trinajstić information content (AvgIpc) is 3.65. The summed E-state index contributed by atoms with van der Waals surface area (Å²) >= 11 is 0. The second-order valence-corrected chi connectivity index (χ2v) is 11.1. The molecule has 0 bridgehead atoms. The van der Waals surface area contributed by atoms with Crippen LogP contribution in [-0.4, -0.2) is 69.9 Å². The van der Waals surface area contributed by atoms with E-state index in [9.17, 15) is 9.59 Å². The molecule has 0 spiro atoms. The molecular weight excluding hydrogens is 494 g/mol. The maximum absolute atomic E-state index is 13.6. The van der Waals surface area contributed by atoms with Crippen LogP contribution in [0.3, 0.4) is 0 Å². The van der Waals surface area contributed by atoms with Crippen LogP contribution in [0.2, 0.25) is 0 Å². The highest BCUT2D eigenvalue weighted by Crippen LogP contribution is 2.41. The Labute approximate surface area is 225 Å². The first-order valence-electron chi connectivity index (χ1n) is 13.3. The topological polar surface area (TPSA) is 115 Å². The van der Waals surface area contributed by atoms with Crippen LogP contribution in [0.15, 0.2) is 60.9 Å². The third kappa shape index (κ3) is 3.69. The molecule has 2 aromatic heterocycles. The van der Waals surface area contributed by atoms with Crippen molar-refractivity contribution in [1.29, 1.82) is 0 Å². The SMILES string of the molecule is CN1C(=O)C(c2c[nH]c3ccccc23)=C(c2cn(C[C@@H]3NC[C@H](N)[C@H]4OC(C)(C)O[C@@H]43)c3ccccc23)C1=O. The molecule has 5 heterocycles. The summed E-state index contributed by atoms with van der Waals surface area (Å²) in [5, 5.41) is 5.36. The van der Waals surface area contributed by atoms with Gasteiger partial charge in [0.25, 0.3) is 11.8 Å². The van der Waals surface area contributed by atoms with Crippen LogP contribution < -0.4 is 11.1 Å². The summed E-state index contributed by atoms with van der Waals surface area (Å²) in [6, 6.07) is 15.6. The molecule has 0 saturated carbocycles. The van der Waals surface area contributed by atoms with Crippen molar-refractivity contribution < 1.29 is 19.1 Å². The number of fused-ring (bicyclic) bond motifs is 3. The van der Waals surface area contributed by atoms with Gasteiger partial charge in [0.15, 0.2) is 5.79 Å². The normalized spacial score (nSPS) is 26.8. The number of hydrogen-bond acceptors (Lipinski definition) is 6. The molecule has 4 aromatic rings. The number of nitrogens with zero attached hydrogens (tertiary/aromatic N) is 2. The molecule has 0 unspecified atom stereocenters. The fourth-order valence-corrected chi connectivity index (χ4v) is 6.38. The summed E-state index contributed by atoms with van der Waals surface area (Å²) in [6.45, 7) is 5.03. The molecule has 7 rings (SSSR count). The molecule has 0 aliphatic carbocycles. The number of para-hydroxylation sites is 2. The van der Waals surface area contributed by atoms with Gasteiger partial charge < -0.3 is 30.1 Å². The molecule has 39 heavy (non-hydrogen) atoms. The van der Waals surface area contributed by atoms with Crippen LogP contribution in [0.25, 0.3) is 33.0 Å². The highest BCUT2D eigenvalue weighted by atomic mass is 16.8. The molecule has 2 amide bonds. The fourth-order valence-electron chi connectivity index (χ4n) is 6.38. The van der Waals surface area contributed by atoms with Crippen molar-refractivity contribution in [3.63, 3.8) is 0 Å². The predicted molar refractivity (Wildman–Crippen MR) is 148 cm³/mol. The molecule has 9 nitrogen and oxygen atoms in total. The Morgan fingerprint density at radius 1 is 0.949 bits per heavy atom. The van der Waals surface area contributed by atoms with E-state index < -0.39 is 5.79 Å². The number of hydrogen-bond donors (Lipinski definition) is 3. The van der Waals surface area contributed by atoms with Crippen molar-refractivity contribution in [3.8, 4) is 0 Å². The number of rotatable bonds is 4. The zero-order valence-corrected chi connectivity index (χ0v) is 22.1. The summed E-state index contributed by atoms with van der Waals surface area (Å²) in [4.78, 5) is 31.6. The van der Waals surface area contributed by atoms with Crippen molar-refractivity contribution in [2.45, 2.75) is 50.5 Å². The third-order valence-electron chi connectivity index (χ3n) is 8.19. The van der Waals surface area contributed by atoms with Crippen LogP contribution >= 0.6 is 0 Å². The zero-order chi connectivity index (χ0) is 27.1. The summed E-state index contributed by atoms with van der Waals surface area (Å²) in [5.74, 6) is -1.32. The number of imide groups is 1. The standard InChI is InChI=1S/C30H31N5O4/c1-30(2)38-26-20(31)13-33-22(27(26)39-30)15-35-14-19(17-9-5-7-11-23(17)35)25-24(28(36)34(3)29(25)37)18-12-32-21-10-6-4-8-16(18)21/h4-12,14,20,22,26-27,32-33H,13,15,31H2,1-3H3/t20-,22-,26+,27+/m0/s1. The van der Waals surface area contributed by atoms with E-state index in [0.29, 0.717) is 24.2 Å². The first kappa shape index (κ1) is 24.3. The van der Waals surface area contributed by atoms with Crippen molar-refractivity contribution in [1.82, 2.24) is 19.8 Å². The van der Waals surface area contributed by atoms with Gasteiger partial charge in [-0.2, -0.15) is 0 Å². The second kappa shape index (κ2) is 8.62. The number of H-pyrrole nitrogens is 1. The lowest BCUT2D eigenvalue weighted by atomic mass is 9.95. The van der Waals surface area contributed by atoms with Crippen molar-refractivity contribution in [2.75, 3.05) is 13.6 Å². The van der Waals surface area contributed by atoms with Gasteiger partial charge >= 0.3 is 0 Å². The molecule has 4 N–H and O–H groups in total. The van der Waals surface area contributed by atoms with Gasteiger partial charge in [-0.1, -0.05) is 36.4 Å². The van der Waals surface area contributed by atoms with Crippen molar-refractivity contribution in [2.24, 2.45) is 5.73 Å². The summed E-state index contributed by atoms with van der Waals surface area (Å²) < 4.78 is 14.6. The number of likely N-dealkylation sites (N-methyl/N-ethyl adjacent to an activating group) is 1. The van der Waals surface area contributed by atoms with Gasteiger partial charge in [-0.15, -0.1) is 0 Å². The molecule has 2 fully saturated rings. The molecule has 4 atom stereocenters. The number of aromatic amines is 1. The Bertz CT molecular complexity index is 1680. The van der Waals surface area contributed by atoms with Gasteiger partial charge in [0, 0.05) is 71.5 Å². The van der Waals surface area contributed by atoms with Gasteiger partial charge in [0.2, 0.25) is 0 Å². The molecule has 0 radical (unpaired) electrons. The molecule has 3 aliphatic rings. The fraction of sp³-hybridized carbons (Fsp3) is 0.333. The van der Waals surface area contributed by atoms with Crippen molar-refractivity contribution >= 4 is 44.8 Å². The molecule has 2 saturated heterocycles. The highest BCUT2D eigenvalue weighted by Gasteiger charge is 2.50. The summed E-state index contributed by atoms with van der Waals surface area (Å²) in [7, 11) is 1.54. The Balaban J connectivity index is 1.36. The molecule has 200 valence electrons. The number of carbonyl (C=O) groups is 2. The smallest absolute Gasteiger partial charge is 0.261 e. The van der Waals surface area contributed by atoms with Gasteiger partial charge in [0.1, 0.15) is 12.2 Å². The first-order chi connectivity index (χ1) is 18.7. The lowest BCUT2D eigenvalue weighted by molar-refractivity contribution is -0.147. The van der Waals surface area contributed by atoms with E-state index in [4.69, 9.17) is 15.2 Å². The molecular formula is C30H31N5O4. The van der Waals surface area contributed by atoms with E-state index in [0.717, 1.165) is 32.9 Å². The van der Waals surface area contributed by atoms with E-state index in [1.807, 2.05) is 74.8 Å². The van der Waals surface area contributed by atoms with Crippen molar-refractivity contribution in [3.05, 3.63) is 72.1 Å². The lowest BCUT2D eigenvalue weighted by Gasteiger charge is -2.36. The number of amides is 2. The number of piperidine rings is 1. The number of ether oxygens (including phenoxy) is 2. The average molecular weight is 526 g/mol. The largest absolute Gasteiger partial charge is 0.361 e. The Morgan fingerprint density at radius 2 is 1.62 bits per heavy atom. The quantitative estimate of drug-likeness (QED) is 0.353. The van der Waals surface area contributed by atoms with Crippen LogP contribution in [0, 0.1) is 0 Å². The van der Waals surface area contributed by atoms with E-state index in [2.05, 4.69) is 14.9 Å². The second-order valence-electron chi connectivity index (χ2n) is 11.1. The van der Waals surface area contributed by atoms with Crippen LogP contribution in [0.1, 0.15) is 25.0 Å². The van der Waals surface area contributed by atoms with Crippen LogP contribution in [0.4, 0.5) is 0 Å². The molecule has 2 aromatic carbocycles. The number of aromatic nitrogens is 2. The number of nitrogens with one attached hydrogen (secondary N) is 2. The maximum atomic E-state index is 13.6. The van der Waals surface area contributed by atoms with Gasteiger partial charge in [-0.25, -0.2) is 0 Å². The first-order valence-corrected chi connectivity index (χ1v) is 13.3. The minimum Gasteiger partial charge on any atom is -0.361 e. The highest BCUT2D eigenvalue weighted by molar-refractivity contribution is 6.50. The van der Waals surface area contributed by atoms with E-state index >= 15 is 0 Å². The number of benzene rings is 2. The monoisotopic (exact) mass is 525 g/mol. The van der Waals surface area contributed by atoms with Gasteiger partial charge in [-0.3, -0.25) is 14.5 Å². The number of carbonyl (C=O) groups excluding carboxylic acids is 2. The van der Waals surface area contributed by atoms with Gasteiger partial charge in [-0.05, 0) is 26.0 Å². The summed E-state index contributed by atoms with van der Waals surface area (Å²) in [6.07, 6.45) is 3.39. The van der Waals surface area contributed by atoms with Crippen LogP contribution in [-0.2, 0) is 25.6 Å². The Kier molecular flexibility index (Phi) is 5.37. The Morgan fingerprint density at radius 3 is 2.41 bits per heavy atom. The predicted octanol–water partition coefficient (Wildman–Crippen LogP) is 2.85. The van der Waals surface area contributed by atoms with E-state index in [1.54, 1.807) is 7.05 Å². The number of nitrogens with two attached hydrogens (primary N) is 1. The summed E-state index contributed by atoms with van der Waals surface area (Å²) in [5.41, 5.74) is 10.5. The van der Waals surface area contributed by atoms with Gasteiger partial charge in [0.05, 0.1) is 17.2 Å². The zero-order valence-electron chi connectivity index (χ0n) is 22.1. The van der Waals surface area contributed by atoms with E-state index in [-0.39, 0.29) is 36.1 Å².